The average Bonchev–Trinajstić information content (AvgIpc) is 2.44. The summed E-state index contributed by atoms with van der Waals surface area (Å²) in [5.41, 5.74) is 2.23. The van der Waals surface area contributed by atoms with Crippen LogP contribution in [0.3, 0.4) is 0 Å². The van der Waals surface area contributed by atoms with E-state index in [0.717, 1.165) is 23.3 Å². The summed E-state index contributed by atoms with van der Waals surface area (Å²) in [4.78, 5) is 0. The van der Waals surface area contributed by atoms with Gasteiger partial charge in [-0.15, -0.1) is 0 Å². The molecule has 0 amide bonds. The van der Waals surface area contributed by atoms with Crippen LogP contribution in [0.2, 0.25) is 0 Å². The molecule has 19 heavy (non-hydrogen) atoms. The summed E-state index contributed by atoms with van der Waals surface area (Å²) in [6.07, 6.45) is 11.5. The summed E-state index contributed by atoms with van der Waals surface area (Å²) in [6.45, 7) is 0. The van der Waals surface area contributed by atoms with Gasteiger partial charge in [0.25, 0.3) is 0 Å². The number of nitrogens with zero attached hydrogens (tertiary/aromatic N) is 1. The molecule has 0 spiro atoms. The maximum Gasteiger partial charge on any atom is 0.0991 e. The fourth-order valence-electron chi connectivity index (χ4n) is 3.76. The van der Waals surface area contributed by atoms with Gasteiger partial charge in [0.2, 0.25) is 0 Å². The molecule has 0 heterocycles. The van der Waals surface area contributed by atoms with E-state index in [4.69, 9.17) is 5.26 Å². The quantitative estimate of drug-likeness (QED) is 0.741. The summed E-state index contributed by atoms with van der Waals surface area (Å²) in [6, 6.07) is 10.5. The highest BCUT2D eigenvalue weighted by molar-refractivity contribution is 5.33. The lowest BCUT2D eigenvalue weighted by Crippen LogP contribution is -2.20. The van der Waals surface area contributed by atoms with E-state index in [1.54, 1.807) is 0 Å². The molecule has 1 nitrogen and oxygen atoms in total. The van der Waals surface area contributed by atoms with Crippen molar-refractivity contribution >= 4 is 0 Å². The third-order valence-electron chi connectivity index (χ3n) is 5.25. The molecule has 100 valence electrons. The van der Waals surface area contributed by atoms with Crippen molar-refractivity contribution in [2.24, 2.45) is 11.8 Å². The molecule has 1 heteroatoms. The third kappa shape index (κ3) is 3.00. The molecule has 2 saturated carbocycles. The molecule has 0 N–H and O–H groups in total. The summed E-state index contributed by atoms with van der Waals surface area (Å²) in [5.74, 6) is 2.81. The van der Waals surface area contributed by atoms with Crippen LogP contribution >= 0.6 is 0 Å². The molecule has 0 unspecified atom stereocenters. The number of rotatable bonds is 3. The van der Waals surface area contributed by atoms with Crippen LogP contribution < -0.4 is 0 Å². The van der Waals surface area contributed by atoms with Crippen LogP contribution in [0.4, 0.5) is 0 Å². The van der Waals surface area contributed by atoms with Crippen molar-refractivity contribution < 1.29 is 0 Å². The second-order valence-corrected chi connectivity index (χ2v) is 6.48. The lowest BCUT2D eigenvalue weighted by Gasteiger charge is -2.34. The second kappa shape index (κ2) is 5.78. The van der Waals surface area contributed by atoms with E-state index in [1.807, 2.05) is 12.1 Å². The van der Waals surface area contributed by atoms with Crippen molar-refractivity contribution in [1.29, 1.82) is 5.26 Å². The van der Waals surface area contributed by atoms with E-state index in [0.29, 0.717) is 0 Å². The second-order valence-electron chi connectivity index (χ2n) is 6.48. The Morgan fingerprint density at radius 2 is 1.53 bits per heavy atom. The van der Waals surface area contributed by atoms with Gasteiger partial charge in [0.1, 0.15) is 0 Å². The smallest absolute Gasteiger partial charge is 0.0991 e. The van der Waals surface area contributed by atoms with E-state index in [-0.39, 0.29) is 0 Å². The van der Waals surface area contributed by atoms with Crippen molar-refractivity contribution in [2.75, 3.05) is 0 Å². The van der Waals surface area contributed by atoms with Gasteiger partial charge in [0.15, 0.2) is 0 Å². The number of nitriles is 1. The Hall–Kier alpha value is -1.29. The molecule has 0 saturated heterocycles. The molecular formula is C18H23N. The molecule has 0 aromatic heterocycles. The minimum Gasteiger partial charge on any atom is -0.192 e. The number of hydrogen-bond donors (Lipinski definition) is 0. The van der Waals surface area contributed by atoms with Crippen LogP contribution in [0.5, 0.6) is 0 Å². The first-order valence-corrected chi connectivity index (χ1v) is 7.85. The molecule has 0 radical (unpaired) electrons. The highest BCUT2D eigenvalue weighted by Gasteiger charge is 2.26. The molecule has 2 aliphatic carbocycles. The van der Waals surface area contributed by atoms with Gasteiger partial charge < -0.3 is 0 Å². The molecule has 3 rings (SSSR count). The van der Waals surface area contributed by atoms with Crippen LogP contribution in [0.15, 0.2) is 24.3 Å². The fourth-order valence-corrected chi connectivity index (χ4v) is 3.76. The maximum atomic E-state index is 8.84. The van der Waals surface area contributed by atoms with Crippen LogP contribution in [0, 0.1) is 23.2 Å². The van der Waals surface area contributed by atoms with Crippen molar-refractivity contribution in [3.05, 3.63) is 35.4 Å². The Labute approximate surface area is 116 Å². The highest BCUT2D eigenvalue weighted by Crippen LogP contribution is 2.41. The fraction of sp³-hybridized carbons (Fsp3) is 0.611. The molecule has 1 aromatic rings. The minimum absolute atomic E-state index is 0.741. The van der Waals surface area contributed by atoms with E-state index in [1.165, 1.54) is 56.9 Å². The normalized spacial score (nSPS) is 27.5. The van der Waals surface area contributed by atoms with Crippen molar-refractivity contribution in [2.45, 2.75) is 57.3 Å². The zero-order valence-electron chi connectivity index (χ0n) is 11.6. The Balaban J connectivity index is 1.52. The predicted octanol–water partition coefficient (Wildman–Crippen LogP) is 5.02. The van der Waals surface area contributed by atoms with Gasteiger partial charge in [-0.25, -0.2) is 0 Å². The number of hydrogen-bond acceptors (Lipinski definition) is 1. The van der Waals surface area contributed by atoms with Crippen LogP contribution in [-0.4, -0.2) is 0 Å². The Kier molecular flexibility index (Phi) is 3.87. The van der Waals surface area contributed by atoms with Crippen molar-refractivity contribution in [1.82, 2.24) is 0 Å². The molecule has 2 aliphatic rings. The third-order valence-corrected chi connectivity index (χ3v) is 5.25. The maximum absolute atomic E-state index is 8.84. The Bertz CT molecular complexity index is 442. The van der Waals surface area contributed by atoms with Gasteiger partial charge in [-0.1, -0.05) is 31.4 Å². The van der Waals surface area contributed by atoms with Gasteiger partial charge >= 0.3 is 0 Å². The Morgan fingerprint density at radius 3 is 2.05 bits per heavy atom. The summed E-state index contributed by atoms with van der Waals surface area (Å²) in [7, 11) is 0. The van der Waals surface area contributed by atoms with E-state index < -0.39 is 0 Å². The summed E-state index contributed by atoms with van der Waals surface area (Å²) < 4.78 is 0. The van der Waals surface area contributed by atoms with Gasteiger partial charge in [0, 0.05) is 0 Å². The van der Waals surface area contributed by atoms with E-state index in [9.17, 15) is 0 Å². The van der Waals surface area contributed by atoms with Gasteiger partial charge in [0.05, 0.1) is 11.6 Å². The molecule has 0 aliphatic heterocycles. The Morgan fingerprint density at radius 1 is 0.895 bits per heavy atom. The SMILES string of the molecule is N#Cc1ccc(C2CCC(CC3CCC3)CC2)cc1. The minimum atomic E-state index is 0.741. The topological polar surface area (TPSA) is 23.8 Å². The first-order chi connectivity index (χ1) is 9.35. The standard InChI is InChI=1S/C18H23N/c19-13-16-6-10-18(11-7-16)17-8-4-15(5-9-17)12-14-2-1-3-14/h6-7,10-11,14-15,17H,1-5,8-9,12H2. The van der Waals surface area contributed by atoms with Crippen molar-refractivity contribution in [3.8, 4) is 6.07 Å². The zero-order chi connectivity index (χ0) is 13.1. The first kappa shape index (κ1) is 12.7. The van der Waals surface area contributed by atoms with Crippen LogP contribution in [-0.2, 0) is 0 Å². The molecular weight excluding hydrogens is 230 g/mol. The van der Waals surface area contributed by atoms with Gasteiger partial charge in [-0.3, -0.25) is 0 Å². The summed E-state index contributed by atoms with van der Waals surface area (Å²) >= 11 is 0. The van der Waals surface area contributed by atoms with Gasteiger partial charge in [-0.05, 0) is 67.6 Å². The van der Waals surface area contributed by atoms with Gasteiger partial charge in [-0.2, -0.15) is 5.26 Å². The van der Waals surface area contributed by atoms with Crippen molar-refractivity contribution in [3.63, 3.8) is 0 Å². The zero-order valence-corrected chi connectivity index (χ0v) is 11.6. The van der Waals surface area contributed by atoms with Crippen LogP contribution in [0.25, 0.3) is 0 Å². The van der Waals surface area contributed by atoms with E-state index in [2.05, 4.69) is 18.2 Å². The highest BCUT2D eigenvalue weighted by atomic mass is 14.3. The predicted molar refractivity (Wildman–Crippen MR) is 77.8 cm³/mol. The molecule has 0 atom stereocenters. The molecule has 2 fully saturated rings. The first-order valence-electron chi connectivity index (χ1n) is 7.85. The molecule has 1 aromatic carbocycles. The largest absolute Gasteiger partial charge is 0.192 e. The monoisotopic (exact) mass is 253 g/mol. The lowest BCUT2D eigenvalue weighted by molar-refractivity contribution is 0.207. The molecule has 0 bridgehead atoms. The average molecular weight is 253 g/mol. The summed E-state index contributed by atoms with van der Waals surface area (Å²) in [5, 5.41) is 8.84. The van der Waals surface area contributed by atoms with Crippen LogP contribution in [0.1, 0.15) is 68.4 Å². The lowest BCUT2D eigenvalue weighted by atomic mass is 9.72. The number of benzene rings is 1. The van der Waals surface area contributed by atoms with E-state index >= 15 is 0 Å².